The van der Waals surface area contributed by atoms with E-state index in [1.54, 1.807) is 16.2 Å². The Kier molecular flexibility index (Phi) is 7.97. The number of hydrogen-bond acceptors (Lipinski definition) is 4. The van der Waals surface area contributed by atoms with E-state index in [2.05, 4.69) is 43.0 Å². The van der Waals surface area contributed by atoms with Gasteiger partial charge in [0.15, 0.2) is 0 Å². The van der Waals surface area contributed by atoms with E-state index in [-0.39, 0.29) is 11.5 Å². The number of hydrogen-bond donors (Lipinski definition) is 0. The molecule has 1 saturated heterocycles. The Balaban J connectivity index is 1.37. The summed E-state index contributed by atoms with van der Waals surface area (Å²) in [6.45, 7) is 7.03. The molecule has 192 valence electrons. The summed E-state index contributed by atoms with van der Waals surface area (Å²) >= 11 is 1.60. The molecule has 1 fully saturated rings. The molecule has 36 heavy (non-hydrogen) atoms. The lowest BCUT2D eigenvalue weighted by molar-refractivity contribution is -0.138. The van der Waals surface area contributed by atoms with Crippen LogP contribution in [0, 0.1) is 5.82 Å². The summed E-state index contributed by atoms with van der Waals surface area (Å²) in [6, 6.07) is 10.6. The predicted octanol–water partition coefficient (Wildman–Crippen LogP) is 6.76. The maximum Gasteiger partial charge on any atom is 0.416 e. The average Bonchev–Trinajstić information content (AvgIpc) is 3.35. The first-order chi connectivity index (χ1) is 17.2. The molecule has 2 aromatic carbocycles. The molecule has 9 heteroatoms. The van der Waals surface area contributed by atoms with E-state index in [9.17, 15) is 22.4 Å². The zero-order chi connectivity index (χ0) is 25.9. The monoisotopic (exact) mass is 519 g/mol. The number of piperidine rings is 1. The number of likely N-dealkylation sites (tertiary alicyclic amines) is 1. The highest BCUT2D eigenvalue weighted by Gasteiger charge is 2.34. The Morgan fingerprint density at radius 3 is 2.36 bits per heavy atom. The fraction of sp³-hybridized carbons (Fsp3) is 0.407. The highest BCUT2D eigenvalue weighted by atomic mass is 32.1. The van der Waals surface area contributed by atoms with Crippen molar-refractivity contribution in [2.24, 2.45) is 0 Å². The summed E-state index contributed by atoms with van der Waals surface area (Å²) in [4.78, 5) is 21.4. The van der Waals surface area contributed by atoms with Crippen LogP contribution >= 0.6 is 11.3 Å². The van der Waals surface area contributed by atoms with Crippen molar-refractivity contribution < 1.29 is 22.4 Å². The van der Waals surface area contributed by atoms with Gasteiger partial charge < -0.3 is 9.80 Å². The second kappa shape index (κ2) is 11.0. The highest BCUT2D eigenvalue weighted by Crippen LogP contribution is 2.35. The van der Waals surface area contributed by atoms with Crippen molar-refractivity contribution in [2.75, 3.05) is 31.1 Å². The Hall–Kier alpha value is -2.94. The number of benzene rings is 2. The Morgan fingerprint density at radius 2 is 1.75 bits per heavy atom. The molecule has 4 rings (SSSR count). The highest BCUT2D eigenvalue weighted by molar-refractivity contribution is 7.10. The SMILES string of the molecule is CCN(CC)c1ccc(-c2csc(C3CCN(C(=O)Cc4cc(F)ccc4C(F)(F)F)CC3)n2)cc1. The predicted molar refractivity (Wildman–Crippen MR) is 135 cm³/mol. The van der Waals surface area contributed by atoms with E-state index < -0.39 is 29.9 Å². The number of nitrogens with zero attached hydrogens (tertiary/aromatic N) is 3. The molecule has 2 heterocycles. The molecular weight excluding hydrogens is 490 g/mol. The standard InChI is InChI=1S/C27H29F4N3OS/c1-3-33(4-2)22-8-5-18(6-9-22)24-17-36-26(32-24)19-11-13-34(14-12-19)25(35)16-20-15-21(28)7-10-23(20)27(29,30)31/h5-10,15,17,19H,3-4,11-14,16H2,1-2H3. The lowest BCUT2D eigenvalue weighted by atomic mass is 9.96. The maximum absolute atomic E-state index is 13.6. The number of carbonyl (C=O) groups excluding carboxylic acids is 1. The van der Waals surface area contributed by atoms with Gasteiger partial charge in [0.05, 0.1) is 22.7 Å². The lowest BCUT2D eigenvalue weighted by Gasteiger charge is -2.31. The summed E-state index contributed by atoms with van der Waals surface area (Å²) in [5, 5.41) is 3.05. The molecule has 3 aromatic rings. The molecule has 0 radical (unpaired) electrons. The van der Waals surface area contributed by atoms with Gasteiger partial charge in [0, 0.05) is 48.7 Å². The lowest BCUT2D eigenvalue weighted by Crippen LogP contribution is -2.39. The van der Waals surface area contributed by atoms with Crippen molar-refractivity contribution in [3.63, 3.8) is 0 Å². The fourth-order valence-corrected chi connectivity index (χ4v) is 5.68. The summed E-state index contributed by atoms with van der Waals surface area (Å²) in [5.41, 5.74) is 1.86. The first kappa shape index (κ1) is 26.1. The normalized spacial score (nSPS) is 14.8. The van der Waals surface area contributed by atoms with Gasteiger partial charge >= 0.3 is 6.18 Å². The molecular formula is C27H29F4N3OS. The number of aromatic nitrogens is 1. The molecule has 0 bridgehead atoms. The smallest absolute Gasteiger partial charge is 0.372 e. The van der Waals surface area contributed by atoms with Crippen molar-refractivity contribution in [1.29, 1.82) is 0 Å². The second-order valence-electron chi connectivity index (χ2n) is 8.92. The van der Waals surface area contributed by atoms with Crippen LogP contribution < -0.4 is 4.90 Å². The van der Waals surface area contributed by atoms with Crippen LogP contribution in [0.2, 0.25) is 0 Å². The number of thiazole rings is 1. The minimum absolute atomic E-state index is 0.197. The summed E-state index contributed by atoms with van der Waals surface area (Å²) in [5.74, 6) is -1.01. The molecule has 4 nitrogen and oxygen atoms in total. The van der Waals surface area contributed by atoms with Crippen molar-refractivity contribution in [2.45, 2.75) is 45.2 Å². The van der Waals surface area contributed by atoms with Crippen molar-refractivity contribution in [3.8, 4) is 11.3 Å². The fourth-order valence-electron chi connectivity index (χ4n) is 4.68. The van der Waals surface area contributed by atoms with Gasteiger partial charge in [-0.1, -0.05) is 12.1 Å². The summed E-state index contributed by atoms with van der Waals surface area (Å²) < 4.78 is 53.4. The van der Waals surface area contributed by atoms with Crippen LogP contribution in [0.25, 0.3) is 11.3 Å². The van der Waals surface area contributed by atoms with E-state index in [0.29, 0.717) is 32.0 Å². The summed E-state index contributed by atoms with van der Waals surface area (Å²) in [7, 11) is 0. The molecule has 0 atom stereocenters. The first-order valence-corrected chi connectivity index (χ1v) is 13.0. The third-order valence-electron chi connectivity index (χ3n) is 6.72. The zero-order valence-electron chi connectivity index (χ0n) is 20.3. The van der Waals surface area contributed by atoms with E-state index in [4.69, 9.17) is 4.98 Å². The van der Waals surface area contributed by atoms with Crippen molar-refractivity contribution >= 4 is 22.9 Å². The third kappa shape index (κ3) is 5.88. The molecule has 0 aliphatic carbocycles. The van der Waals surface area contributed by atoms with Crippen LogP contribution in [0.4, 0.5) is 23.2 Å². The number of halogens is 4. The van der Waals surface area contributed by atoms with E-state index in [0.717, 1.165) is 41.5 Å². The third-order valence-corrected chi connectivity index (χ3v) is 7.73. The van der Waals surface area contributed by atoms with Crippen molar-refractivity contribution in [1.82, 2.24) is 9.88 Å². The largest absolute Gasteiger partial charge is 0.416 e. The maximum atomic E-state index is 13.6. The molecule has 0 saturated carbocycles. The van der Waals surface area contributed by atoms with E-state index in [1.807, 2.05) is 5.38 Å². The molecule has 0 unspecified atom stereocenters. The second-order valence-corrected chi connectivity index (χ2v) is 9.81. The minimum Gasteiger partial charge on any atom is -0.372 e. The van der Waals surface area contributed by atoms with Crippen LogP contribution in [0.5, 0.6) is 0 Å². The van der Waals surface area contributed by atoms with Gasteiger partial charge in [-0.2, -0.15) is 13.2 Å². The quantitative estimate of drug-likeness (QED) is 0.324. The molecule has 1 aromatic heterocycles. The summed E-state index contributed by atoms with van der Waals surface area (Å²) in [6.07, 6.45) is -3.73. The zero-order valence-corrected chi connectivity index (χ0v) is 21.1. The topological polar surface area (TPSA) is 36.4 Å². The number of anilines is 1. The van der Waals surface area contributed by atoms with Gasteiger partial charge in [-0.3, -0.25) is 4.79 Å². The number of alkyl halides is 3. The number of carbonyl (C=O) groups is 1. The van der Waals surface area contributed by atoms with E-state index in [1.165, 1.54) is 5.69 Å². The van der Waals surface area contributed by atoms with Crippen LogP contribution in [-0.2, 0) is 17.4 Å². The van der Waals surface area contributed by atoms with Gasteiger partial charge in [0.1, 0.15) is 5.82 Å². The average molecular weight is 520 g/mol. The Bertz CT molecular complexity index is 1180. The van der Waals surface area contributed by atoms with Gasteiger partial charge in [-0.05, 0) is 62.6 Å². The Labute approximate surface area is 212 Å². The van der Waals surface area contributed by atoms with Crippen molar-refractivity contribution in [3.05, 3.63) is 69.8 Å². The molecule has 1 amide bonds. The first-order valence-electron chi connectivity index (χ1n) is 12.1. The Morgan fingerprint density at radius 1 is 1.08 bits per heavy atom. The molecule has 0 N–H and O–H groups in total. The number of amides is 1. The van der Waals surface area contributed by atoms with Gasteiger partial charge in [-0.25, -0.2) is 9.37 Å². The minimum atomic E-state index is -4.63. The molecule has 1 aliphatic rings. The molecule has 1 aliphatic heterocycles. The van der Waals surface area contributed by atoms with Crippen LogP contribution in [0.1, 0.15) is 48.7 Å². The van der Waals surface area contributed by atoms with Gasteiger partial charge in [0.2, 0.25) is 5.91 Å². The van der Waals surface area contributed by atoms with Gasteiger partial charge in [0.25, 0.3) is 0 Å². The van der Waals surface area contributed by atoms with Crippen LogP contribution in [0.15, 0.2) is 47.8 Å². The number of rotatable bonds is 7. The van der Waals surface area contributed by atoms with Crippen LogP contribution in [0.3, 0.4) is 0 Å². The van der Waals surface area contributed by atoms with Crippen LogP contribution in [-0.4, -0.2) is 42.0 Å². The van der Waals surface area contributed by atoms with E-state index >= 15 is 0 Å². The molecule has 0 spiro atoms. The van der Waals surface area contributed by atoms with Gasteiger partial charge in [-0.15, -0.1) is 11.3 Å².